The number of ether oxygens (including phenoxy) is 1. The van der Waals surface area contributed by atoms with Gasteiger partial charge in [0, 0.05) is 4.88 Å². The lowest BCUT2D eigenvalue weighted by atomic mass is 10.1. The molecule has 0 bridgehead atoms. The number of carbonyl (C=O) groups excluding carboxylic acids is 2. The van der Waals surface area contributed by atoms with Crippen LogP contribution in [0.25, 0.3) is 21.8 Å². The smallest absolute Gasteiger partial charge is 0.367 e. The number of amides is 1. The Bertz CT molecular complexity index is 1380. The van der Waals surface area contributed by atoms with Gasteiger partial charge in [-0.2, -0.15) is 0 Å². The van der Waals surface area contributed by atoms with Gasteiger partial charge in [-0.05, 0) is 38.5 Å². The second kappa shape index (κ2) is 9.78. The molecule has 0 aliphatic heterocycles. The zero-order chi connectivity index (χ0) is 24.4. The topological polar surface area (TPSA) is 81.2 Å². The molecule has 0 spiro atoms. The lowest BCUT2D eigenvalue weighted by molar-refractivity contribution is 0.0526. The molecule has 0 aliphatic carbocycles. The Kier molecular flexibility index (Phi) is 6.80. The second-order valence-corrected chi connectivity index (χ2v) is 9.46. The maximum Gasteiger partial charge on any atom is 0.367 e. The number of hydrogen-bond acceptors (Lipinski definition) is 7. The Labute approximate surface area is 202 Å². The first-order chi connectivity index (χ1) is 16.3. The van der Waals surface area contributed by atoms with E-state index in [-0.39, 0.29) is 16.7 Å². The molecule has 0 saturated carbocycles. The van der Waals surface area contributed by atoms with Crippen LogP contribution in [0.5, 0.6) is 0 Å². The van der Waals surface area contributed by atoms with E-state index in [1.807, 2.05) is 38.1 Å². The first-order valence-electron chi connectivity index (χ1n) is 10.3. The van der Waals surface area contributed by atoms with Crippen molar-refractivity contribution in [2.75, 3.05) is 11.9 Å². The van der Waals surface area contributed by atoms with Crippen LogP contribution >= 0.6 is 22.7 Å². The van der Waals surface area contributed by atoms with E-state index in [1.54, 1.807) is 6.92 Å². The SMILES string of the molecule is CCOC(=O)c1nc(-c2nc(NC(=O)c3c(F)cccc3F)sc2-c2cccc(C)c2)c(C)s1. The number of rotatable bonds is 6. The summed E-state index contributed by atoms with van der Waals surface area (Å²) < 4.78 is 33.2. The predicted molar refractivity (Wildman–Crippen MR) is 128 cm³/mol. The number of carbonyl (C=O) groups is 2. The number of esters is 1. The standard InChI is InChI=1S/C24H19F2N3O3S2/c1-4-32-23(31)22-27-18(13(3)33-22)19-20(14-8-5-7-12(2)11-14)34-24(28-19)29-21(30)17-15(25)9-6-10-16(17)26/h5-11H,4H2,1-3H3,(H,28,29,30). The van der Waals surface area contributed by atoms with Crippen molar-refractivity contribution < 1.29 is 23.1 Å². The molecule has 174 valence electrons. The van der Waals surface area contributed by atoms with Gasteiger partial charge in [0.2, 0.25) is 5.01 Å². The van der Waals surface area contributed by atoms with Crippen molar-refractivity contribution in [3.8, 4) is 21.8 Å². The van der Waals surface area contributed by atoms with Crippen LogP contribution in [0.2, 0.25) is 0 Å². The Balaban J connectivity index is 1.79. The molecule has 1 amide bonds. The second-order valence-electron chi connectivity index (χ2n) is 7.26. The molecule has 34 heavy (non-hydrogen) atoms. The maximum absolute atomic E-state index is 14.1. The third-order valence-electron chi connectivity index (χ3n) is 4.79. The van der Waals surface area contributed by atoms with Gasteiger partial charge in [-0.1, -0.05) is 47.2 Å². The minimum Gasteiger partial charge on any atom is -0.461 e. The van der Waals surface area contributed by atoms with E-state index in [0.717, 1.165) is 39.5 Å². The highest BCUT2D eigenvalue weighted by Crippen LogP contribution is 2.41. The van der Waals surface area contributed by atoms with E-state index in [9.17, 15) is 18.4 Å². The van der Waals surface area contributed by atoms with Crippen LogP contribution in [-0.2, 0) is 4.74 Å². The minimum atomic E-state index is -0.970. The molecule has 2 heterocycles. The van der Waals surface area contributed by atoms with Crippen molar-refractivity contribution in [3.63, 3.8) is 0 Å². The van der Waals surface area contributed by atoms with Crippen molar-refractivity contribution in [3.05, 3.63) is 75.1 Å². The quantitative estimate of drug-likeness (QED) is 0.317. The number of aromatic nitrogens is 2. The summed E-state index contributed by atoms with van der Waals surface area (Å²) in [5.41, 5.74) is 2.07. The van der Waals surface area contributed by atoms with E-state index in [4.69, 9.17) is 4.74 Å². The van der Waals surface area contributed by atoms with Gasteiger partial charge in [0.1, 0.15) is 28.6 Å². The van der Waals surface area contributed by atoms with Gasteiger partial charge in [0.05, 0.1) is 11.5 Å². The summed E-state index contributed by atoms with van der Waals surface area (Å²) >= 11 is 2.33. The van der Waals surface area contributed by atoms with Crippen LogP contribution in [-0.4, -0.2) is 28.5 Å². The number of halogens is 2. The average Bonchev–Trinajstić information content (AvgIpc) is 3.37. The van der Waals surface area contributed by atoms with Crippen LogP contribution in [0.15, 0.2) is 42.5 Å². The molecule has 0 saturated heterocycles. The lowest BCUT2D eigenvalue weighted by Crippen LogP contribution is -2.15. The van der Waals surface area contributed by atoms with Crippen LogP contribution in [0.1, 0.15) is 37.5 Å². The molecule has 0 unspecified atom stereocenters. The first-order valence-corrected chi connectivity index (χ1v) is 11.9. The van der Waals surface area contributed by atoms with Crippen molar-refractivity contribution in [2.24, 2.45) is 0 Å². The van der Waals surface area contributed by atoms with E-state index >= 15 is 0 Å². The van der Waals surface area contributed by atoms with Crippen LogP contribution in [0, 0.1) is 25.5 Å². The van der Waals surface area contributed by atoms with Crippen LogP contribution in [0.3, 0.4) is 0 Å². The third kappa shape index (κ3) is 4.73. The largest absolute Gasteiger partial charge is 0.461 e. The van der Waals surface area contributed by atoms with Gasteiger partial charge in [-0.3, -0.25) is 10.1 Å². The molecule has 0 aliphatic rings. The Morgan fingerprint density at radius 3 is 2.38 bits per heavy atom. The van der Waals surface area contributed by atoms with Gasteiger partial charge in [0.25, 0.3) is 5.91 Å². The number of anilines is 1. The van der Waals surface area contributed by atoms with Crippen LogP contribution < -0.4 is 5.32 Å². The summed E-state index contributed by atoms with van der Waals surface area (Å²) in [6.07, 6.45) is 0. The molecule has 1 N–H and O–H groups in total. The van der Waals surface area contributed by atoms with Crippen LogP contribution in [0.4, 0.5) is 13.9 Å². The highest BCUT2D eigenvalue weighted by Gasteiger charge is 2.25. The zero-order valence-electron chi connectivity index (χ0n) is 18.4. The lowest BCUT2D eigenvalue weighted by Gasteiger charge is -2.04. The van der Waals surface area contributed by atoms with Gasteiger partial charge < -0.3 is 4.74 Å². The van der Waals surface area contributed by atoms with Gasteiger partial charge >= 0.3 is 5.97 Å². The monoisotopic (exact) mass is 499 g/mol. The number of aryl methyl sites for hydroxylation is 2. The predicted octanol–water partition coefficient (Wildman–Crippen LogP) is 6.26. The van der Waals surface area contributed by atoms with E-state index < -0.39 is 29.1 Å². The van der Waals surface area contributed by atoms with Crippen molar-refractivity contribution >= 4 is 39.7 Å². The summed E-state index contributed by atoms with van der Waals surface area (Å²) in [4.78, 5) is 35.2. The fraction of sp³-hybridized carbons (Fsp3) is 0.167. The molecule has 4 rings (SSSR count). The van der Waals surface area contributed by atoms with E-state index in [1.165, 1.54) is 17.4 Å². The summed E-state index contributed by atoms with van der Waals surface area (Å²) in [5, 5.41) is 2.83. The molecule has 2 aromatic heterocycles. The molecule has 0 radical (unpaired) electrons. The molecular formula is C24H19F2N3O3S2. The summed E-state index contributed by atoms with van der Waals surface area (Å²) in [6, 6.07) is 10.9. The first kappa shape index (κ1) is 23.7. The zero-order valence-corrected chi connectivity index (χ0v) is 20.1. The number of benzene rings is 2. The molecule has 2 aromatic carbocycles. The van der Waals surface area contributed by atoms with Gasteiger partial charge in [-0.15, -0.1) is 11.3 Å². The normalized spacial score (nSPS) is 10.9. The number of thiazole rings is 2. The van der Waals surface area contributed by atoms with Gasteiger partial charge in [-0.25, -0.2) is 23.5 Å². The van der Waals surface area contributed by atoms with E-state index in [2.05, 4.69) is 15.3 Å². The summed E-state index contributed by atoms with van der Waals surface area (Å²) in [6.45, 7) is 5.69. The number of hydrogen-bond donors (Lipinski definition) is 1. The summed E-state index contributed by atoms with van der Waals surface area (Å²) in [7, 11) is 0. The Morgan fingerprint density at radius 1 is 1.00 bits per heavy atom. The average molecular weight is 500 g/mol. The molecular weight excluding hydrogens is 480 g/mol. The fourth-order valence-corrected chi connectivity index (χ4v) is 5.05. The molecule has 0 fully saturated rings. The Hall–Kier alpha value is -3.50. The van der Waals surface area contributed by atoms with Crippen molar-refractivity contribution in [2.45, 2.75) is 20.8 Å². The fourth-order valence-electron chi connectivity index (χ4n) is 3.29. The highest BCUT2D eigenvalue weighted by molar-refractivity contribution is 7.19. The Morgan fingerprint density at radius 2 is 1.71 bits per heavy atom. The molecule has 4 aromatic rings. The third-order valence-corrected chi connectivity index (χ3v) is 6.76. The van der Waals surface area contributed by atoms with Crippen molar-refractivity contribution in [1.29, 1.82) is 0 Å². The number of nitrogens with one attached hydrogen (secondary N) is 1. The minimum absolute atomic E-state index is 0.143. The molecule has 10 heteroatoms. The van der Waals surface area contributed by atoms with E-state index in [0.29, 0.717) is 16.3 Å². The van der Waals surface area contributed by atoms with Crippen molar-refractivity contribution in [1.82, 2.24) is 9.97 Å². The molecule has 0 atom stereocenters. The summed E-state index contributed by atoms with van der Waals surface area (Å²) in [5.74, 6) is -3.42. The molecule has 6 nitrogen and oxygen atoms in total. The number of nitrogens with zero attached hydrogens (tertiary/aromatic N) is 2. The highest BCUT2D eigenvalue weighted by atomic mass is 32.1. The maximum atomic E-state index is 14.1. The van der Waals surface area contributed by atoms with Gasteiger partial charge in [0.15, 0.2) is 5.13 Å².